The summed E-state index contributed by atoms with van der Waals surface area (Å²) in [5.74, 6) is 0.754. The SMILES string of the molecule is O=Cc1ccc(OCc2ccccc2)cc1C=Cc1ccc2c3c(cccc13)CC2. The van der Waals surface area contributed by atoms with Crippen LogP contribution in [0.15, 0.2) is 78.9 Å². The number of benzene rings is 4. The zero-order valence-corrected chi connectivity index (χ0v) is 16.7. The molecular weight excluding hydrogens is 368 g/mol. The number of hydrogen-bond acceptors (Lipinski definition) is 2. The fraction of sp³-hybridized carbons (Fsp3) is 0.107. The summed E-state index contributed by atoms with van der Waals surface area (Å²) in [6.45, 7) is 0.499. The molecular formula is C28H22O2. The fourth-order valence-corrected chi connectivity index (χ4v) is 4.23. The third kappa shape index (κ3) is 3.53. The Bertz CT molecular complexity index is 1240. The highest BCUT2D eigenvalue weighted by Gasteiger charge is 2.14. The van der Waals surface area contributed by atoms with Gasteiger partial charge in [0.2, 0.25) is 0 Å². The number of rotatable bonds is 6. The van der Waals surface area contributed by atoms with Crippen LogP contribution in [0, 0.1) is 0 Å². The fourth-order valence-electron chi connectivity index (χ4n) is 4.23. The number of aryl methyl sites for hydroxylation is 2. The summed E-state index contributed by atoms with van der Waals surface area (Å²) in [7, 11) is 0. The quantitative estimate of drug-likeness (QED) is 0.277. The molecule has 2 nitrogen and oxygen atoms in total. The lowest BCUT2D eigenvalue weighted by molar-refractivity contribution is 0.112. The monoisotopic (exact) mass is 390 g/mol. The number of carbonyl (C=O) groups excluding carboxylic acids is 1. The van der Waals surface area contributed by atoms with Crippen molar-refractivity contribution in [1.29, 1.82) is 0 Å². The van der Waals surface area contributed by atoms with Gasteiger partial charge in [-0.3, -0.25) is 4.79 Å². The zero-order valence-electron chi connectivity index (χ0n) is 16.7. The van der Waals surface area contributed by atoms with Crippen LogP contribution in [0.25, 0.3) is 22.9 Å². The Hall–Kier alpha value is -3.65. The molecule has 0 fully saturated rings. The molecule has 2 heteroatoms. The molecule has 4 aromatic carbocycles. The molecule has 0 heterocycles. The highest BCUT2D eigenvalue weighted by Crippen LogP contribution is 2.33. The van der Waals surface area contributed by atoms with Gasteiger partial charge in [-0.2, -0.15) is 0 Å². The molecule has 0 aromatic heterocycles. The summed E-state index contributed by atoms with van der Waals surface area (Å²) >= 11 is 0. The van der Waals surface area contributed by atoms with Gasteiger partial charge < -0.3 is 4.74 Å². The Morgan fingerprint density at radius 1 is 0.733 bits per heavy atom. The Morgan fingerprint density at radius 3 is 2.33 bits per heavy atom. The van der Waals surface area contributed by atoms with E-state index in [1.807, 2.05) is 54.6 Å². The Balaban J connectivity index is 1.45. The van der Waals surface area contributed by atoms with E-state index in [0.717, 1.165) is 36.0 Å². The van der Waals surface area contributed by atoms with Crippen molar-refractivity contribution in [3.63, 3.8) is 0 Å². The summed E-state index contributed by atoms with van der Waals surface area (Å²) < 4.78 is 5.94. The van der Waals surface area contributed by atoms with Crippen LogP contribution in [0.4, 0.5) is 0 Å². The van der Waals surface area contributed by atoms with Crippen LogP contribution < -0.4 is 4.74 Å². The van der Waals surface area contributed by atoms with Gasteiger partial charge in [0.05, 0.1) is 0 Å². The van der Waals surface area contributed by atoms with E-state index in [0.29, 0.717) is 12.2 Å². The molecule has 0 N–H and O–H groups in total. The molecule has 0 spiro atoms. The first-order valence-corrected chi connectivity index (χ1v) is 10.3. The van der Waals surface area contributed by atoms with Crippen molar-refractivity contribution in [2.24, 2.45) is 0 Å². The number of carbonyl (C=O) groups is 1. The van der Waals surface area contributed by atoms with Crippen molar-refractivity contribution in [2.45, 2.75) is 19.4 Å². The molecule has 0 radical (unpaired) electrons. The smallest absolute Gasteiger partial charge is 0.150 e. The molecule has 0 amide bonds. The van der Waals surface area contributed by atoms with Gasteiger partial charge in [-0.25, -0.2) is 0 Å². The molecule has 5 rings (SSSR count). The lowest BCUT2D eigenvalue weighted by Gasteiger charge is -2.09. The average molecular weight is 390 g/mol. The van der Waals surface area contributed by atoms with Gasteiger partial charge in [0.15, 0.2) is 6.29 Å². The third-order valence-electron chi connectivity index (χ3n) is 5.79. The number of hydrogen-bond donors (Lipinski definition) is 0. The molecule has 0 saturated heterocycles. The maximum atomic E-state index is 11.6. The highest BCUT2D eigenvalue weighted by atomic mass is 16.5. The van der Waals surface area contributed by atoms with Crippen molar-refractivity contribution in [3.05, 3.63) is 112 Å². The predicted molar refractivity (Wildman–Crippen MR) is 123 cm³/mol. The van der Waals surface area contributed by atoms with Gasteiger partial charge in [-0.15, -0.1) is 0 Å². The molecule has 0 unspecified atom stereocenters. The summed E-state index contributed by atoms with van der Waals surface area (Å²) in [5, 5.41) is 2.68. The van der Waals surface area contributed by atoms with Crippen LogP contribution in [0.5, 0.6) is 5.75 Å². The molecule has 4 aromatic rings. The van der Waals surface area contributed by atoms with E-state index in [1.165, 1.54) is 27.5 Å². The predicted octanol–water partition coefficient (Wildman–Crippen LogP) is 6.50. The Labute approximate surface area is 176 Å². The van der Waals surface area contributed by atoms with Crippen LogP contribution in [0.3, 0.4) is 0 Å². The second kappa shape index (κ2) is 8.00. The first-order chi connectivity index (χ1) is 14.8. The van der Waals surface area contributed by atoms with E-state index in [2.05, 4.69) is 36.4 Å². The van der Waals surface area contributed by atoms with E-state index < -0.39 is 0 Å². The minimum atomic E-state index is 0.499. The molecule has 0 aliphatic heterocycles. The standard InChI is InChI=1S/C28H22O2/c29-18-25-15-16-26(30-19-20-5-2-1-3-6-20)17-24(25)14-10-21-9-11-23-13-12-22-7-4-8-27(21)28(22)23/h1-11,14-18H,12-13,19H2. The largest absolute Gasteiger partial charge is 0.489 e. The molecule has 30 heavy (non-hydrogen) atoms. The molecule has 0 saturated carbocycles. The molecule has 0 atom stereocenters. The zero-order chi connectivity index (χ0) is 20.3. The second-order valence-corrected chi connectivity index (χ2v) is 7.67. The van der Waals surface area contributed by atoms with Crippen LogP contribution in [0.2, 0.25) is 0 Å². The van der Waals surface area contributed by atoms with Crippen LogP contribution in [0.1, 0.15) is 38.2 Å². The summed E-state index contributed by atoms with van der Waals surface area (Å²) in [4.78, 5) is 11.6. The van der Waals surface area contributed by atoms with Crippen molar-refractivity contribution in [2.75, 3.05) is 0 Å². The molecule has 1 aliphatic rings. The van der Waals surface area contributed by atoms with Crippen LogP contribution in [-0.4, -0.2) is 6.29 Å². The average Bonchev–Trinajstić information content (AvgIpc) is 3.23. The lowest BCUT2D eigenvalue weighted by Crippen LogP contribution is -1.96. The first-order valence-electron chi connectivity index (χ1n) is 10.3. The van der Waals surface area contributed by atoms with Crippen molar-refractivity contribution >= 4 is 29.2 Å². The maximum absolute atomic E-state index is 11.6. The van der Waals surface area contributed by atoms with Crippen LogP contribution >= 0.6 is 0 Å². The van der Waals surface area contributed by atoms with Crippen molar-refractivity contribution in [3.8, 4) is 5.75 Å². The van der Waals surface area contributed by atoms with Gasteiger partial charge in [-0.1, -0.05) is 72.8 Å². The highest BCUT2D eigenvalue weighted by molar-refractivity contribution is 5.98. The van der Waals surface area contributed by atoms with Gasteiger partial charge >= 0.3 is 0 Å². The second-order valence-electron chi connectivity index (χ2n) is 7.67. The van der Waals surface area contributed by atoms with E-state index in [9.17, 15) is 4.79 Å². The van der Waals surface area contributed by atoms with E-state index in [1.54, 1.807) is 0 Å². The van der Waals surface area contributed by atoms with Crippen molar-refractivity contribution in [1.82, 2.24) is 0 Å². The van der Waals surface area contributed by atoms with E-state index >= 15 is 0 Å². The molecule has 0 bridgehead atoms. The first kappa shape index (κ1) is 18.4. The summed E-state index contributed by atoms with van der Waals surface area (Å²) in [5.41, 5.74) is 6.67. The summed E-state index contributed by atoms with van der Waals surface area (Å²) in [6, 6.07) is 26.6. The van der Waals surface area contributed by atoms with Gasteiger partial charge in [0, 0.05) is 5.56 Å². The van der Waals surface area contributed by atoms with Crippen molar-refractivity contribution < 1.29 is 9.53 Å². The number of aldehydes is 1. The van der Waals surface area contributed by atoms with Gasteiger partial charge in [0.25, 0.3) is 0 Å². The van der Waals surface area contributed by atoms with Gasteiger partial charge in [0.1, 0.15) is 12.4 Å². The molecule has 146 valence electrons. The van der Waals surface area contributed by atoms with Gasteiger partial charge in [-0.05, 0) is 69.6 Å². The minimum Gasteiger partial charge on any atom is -0.489 e. The normalized spacial score (nSPS) is 12.5. The van der Waals surface area contributed by atoms with E-state index in [4.69, 9.17) is 4.74 Å². The minimum absolute atomic E-state index is 0.499. The summed E-state index contributed by atoms with van der Waals surface area (Å²) in [6.07, 6.45) is 7.25. The van der Waals surface area contributed by atoms with E-state index in [-0.39, 0.29) is 0 Å². The third-order valence-corrected chi connectivity index (χ3v) is 5.79. The molecule has 1 aliphatic carbocycles. The lowest BCUT2D eigenvalue weighted by atomic mass is 9.98. The Kier molecular flexibility index (Phi) is 4.90. The maximum Gasteiger partial charge on any atom is 0.150 e. The Morgan fingerprint density at radius 2 is 1.50 bits per heavy atom. The topological polar surface area (TPSA) is 26.3 Å². The van der Waals surface area contributed by atoms with Crippen LogP contribution in [-0.2, 0) is 19.4 Å². The number of ether oxygens (including phenoxy) is 1.